The first-order chi connectivity index (χ1) is 10.5. The Morgan fingerprint density at radius 2 is 1.50 bits per heavy atom. The predicted octanol–water partition coefficient (Wildman–Crippen LogP) is 0.275. The summed E-state index contributed by atoms with van der Waals surface area (Å²) in [6, 6.07) is 5.02. The summed E-state index contributed by atoms with van der Waals surface area (Å²) in [5.74, 6) is 0. The lowest BCUT2D eigenvalue weighted by atomic mass is 10.2. The largest absolute Gasteiger partial charge is 0.318 e. The molecular weight excluding hydrogens is 292 g/mol. The summed E-state index contributed by atoms with van der Waals surface area (Å²) in [6.07, 6.45) is 2.75. The minimum Gasteiger partial charge on any atom is -0.318 e. The molecule has 2 aromatic heterocycles. The summed E-state index contributed by atoms with van der Waals surface area (Å²) in [6.45, 7) is 0. The second-order valence-electron chi connectivity index (χ2n) is 4.49. The van der Waals surface area contributed by atoms with Gasteiger partial charge in [0.05, 0.1) is 16.0 Å². The molecule has 2 heterocycles. The maximum absolute atomic E-state index is 11.4. The Morgan fingerprint density at radius 1 is 0.955 bits per heavy atom. The van der Waals surface area contributed by atoms with Crippen molar-refractivity contribution in [3.05, 3.63) is 77.7 Å². The van der Waals surface area contributed by atoms with Gasteiger partial charge in [-0.25, -0.2) is 0 Å². The molecule has 0 aliphatic carbocycles. The van der Waals surface area contributed by atoms with Gasteiger partial charge in [-0.3, -0.25) is 24.5 Å². The number of nitro benzene ring substituents is 1. The average molecular weight is 300 g/mol. The van der Waals surface area contributed by atoms with E-state index in [9.17, 15) is 24.5 Å². The number of nitrogens with one attached hydrogen (secondary N) is 2. The Kier molecular flexibility index (Phi) is 2.95. The van der Waals surface area contributed by atoms with Gasteiger partial charge in [-0.2, -0.15) is 0 Å². The minimum absolute atomic E-state index is 0.140. The lowest BCUT2D eigenvalue weighted by Crippen LogP contribution is -2.29. The lowest BCUT2D eigenvalue weighted by Gasteiger charge is -2.08. The fraction of sp³-hybridized carbons (Fsp3) is 0. The standard InChI is InChI=1S/C13H8N4O5/c18-7-1-3-16(4-2-7)10-5-8-9(6-11(10)17(21)22)15-13(20)12(19)14-8/h1-6H,(H,14,19)(H,15,20). The Morgan fingerprint density at radius 3 is 2.05 bits per heavy atom. The van der Waals surface area contributed by atoms with Gasteiger partial charge in [0.25, 0.3) is 5.69 Å². The Labute approximate surface area is 120 Å². The number of H-pyrrole nitrogens is 2. The van der Waals surface area contributed by atoms with Crippen LogP contribution in [0.25, 0.3) is 16.7 Å². The van der Waals surface area contributed by atoms with Crippen molar-refractivity contribution in [2.75, 3.05) is 0 Å². The van der Waals surface area contributed by atoms with E-state index in [2.05, 4.69) is 9.97 Å². The van der Waals surface area contributed by atoms with Crippen LogP contribution >= 0.6 is 0 Å². The molecule has 9 heteroatoms. The highest BCUT2D eigenvalue weighted by molar-refractivity contribution is 5.81. The highest BCUT2D eigenvalue weighted by Gasteiger charge is 2.17. The number of aromatic nitrogens is 3. The van der Waals surface area contributed by atoms with E-state index < -0.39 is 16.0 Å². The van der Waals surface area contributed by atoms with E-state index >= 15 is 0 Å². The quantitative estimate of drug-likeness (QED) is 0.398. The van der Waals surface area contributed by atoms with E-state index in [-0.39, 0.29) is 27.8 Å². The molecule has 0 fully saturated rings. The zero-order chi connectivity index (χ0) is 15.9. The zero-order valence-electron chi connectivity index (χ0n) is 10.9. The van der Waals surface area contributed by atoms with Gasteiger partial charge in [-0.05, 0) is 6.07 Å². The summed E-state index contributed by atoms with van der Waals surface area (Å²) in [5, 5.41) is 11.2. The molecule has 0 unspecified atom stereocenters. The molecule has 0 saturated carbocycles. The molecule has 3 aromatic rings. The van der Waals surface area contributed by atoms with Crippen molar-refractivity contribution in [3.8, 4) is 5.69 Å². The van der Waals surface area contributed by atoms with E-state index in [1.54, 1.807) is 0 Å². The number of hydrogen-bond donors (Lipinski definition) is 2. The van der Waals surface area contributed by atoms with Crippen molar-refractivity contribution in [2.45, 2.75) is 0 Å². The Hall–Kier alpha value is -3.49. The van der Waals surface area contributed by atoms with Crippen LogP contribution in [-0.4, -0.2) is 19.5 Å². The number of rotatable bonds is 2. The Bertz CT molecular complexity index is 1060. The van der Waals surface area contributed by atoms with Gasteiger partial charge in [0.2, 0.25) is 0 Å². The van der Waals surface area contributed by atoms with Crippen molar-refractivity contribution >= 4 is 16.7 Å². The van der Waals surface area contributed by atoms with Crippen molar-refractivity contribution in [3.63, 3.8) is 0 Å². The van der Waals surface area contributed by atoms with Gasteiger partial charge >= 0.3 is 11.1 Å². The molecule has 2 N–H and O–H groups in total. The van der Waals surface area contributed by atoms with E-state index in [1.807, 2.05) is 0 Å². The summed E-state index contributed by atoms with van der Waals surface area (Å²) < 4.78 is 1.38. The third-order valence-corrected chi connectivity index (χ3v) is 3.09. The molecule has 0 amide bonds. The highest BCUT2D eigenvalue weighted by atomic mass is 16.6. The first-order valence-electron chi connectivity index (χ1n) is 6.09. The SMILES string of the molecule is O=c1ccn(-c2cc3[nH]c(=O)c(=O)[nH]c3cc2[N+](=O)[O-])cc1. The van der Waals surface area contributed by atoms with Crippen LogP contribution in [0.3, 0.4) is 0 Å². The molecule has 0 saturated heterocycles. The maximum Gasteiger partial charge on any atom is 0.314 e. The number of aromatic amines is 2. The minimum atomic E-state index is -0.891. The van der Waals surface area contributed by atoms with Crippen molar-refractivity contribution in [2.24, 2.45) is 0 Å². The zero-order valence-corrected chi connectivity index (χ0v) is 10.9. The number of nitrogens with zero attached hydrogens (tertiary/aromatic N) is 2. The first-order valence-corrected chi connectivity index (χ1v) is 6.09. The molecule has 0 atom stereocenters. The van der Waals surface area contributed by atoms with Gasteiger partial charge in [-0.1, -0.05) is 0 Å². The van der Waals surface area contributed by atoms with Crippen LogP contribution in [0.4, 0.5) is 5.69 Å². The Balaban J connectivity index is 2.39. The lowest BCUT2D eigenvalue weighted by molar-refractivity contribution is -0.384. The number of nitro groups is 1. The van der Waals surface area contributed by atoms with Crippen molar-refractivity contribution in [1.82, 2.24) is 14.5 Å². The monoisotopic (exact) mass is 300 g/mol. The van der Waals surface area contributed by atoms with Crippen molar-refractivity contribution in [1.29, 1.82) is 0 Å². The second-order valence-corrected chi connectivity index (χ2v) is 4.49. The summed E-state index contributed by atoms with van der Waals surface area (Å²) >= 11 is 0. The third-order valence-electron chi connectivity index (χ3n) is 3.09. The molecule has 0 radical (unpaired) electrons. The maximum atomic E-state index is 11.4. The van der Waals surface area contributed by atoms with Crippen molar-refractivity contribution < 1.29 is 4.92 Å². The van der Waals surface area contributed by atoms with Gasteiger partial charge in [0.1, 0.15) is 5.69 Å². The van der Waals surface area contributed by atoms with Gasteiger partial charge in [0, 0.05) is 30.6 Å². The van der Waals surface area contributed by atoms with E-state index in [0.717, 1.165) is 6.07 Å². The average Bonchev–Trinajstić information content (AvgIpc) is 2.48. The fourth-order valence-electron chi connectivity index (χ4n) is 2.07. The third kappa shape index (κ3) is 2.20. The number of pyridine rings is 1. The van der Waals surface area contributed by atoms with Crippen LogP contribution in [0.5, 0.6) is 0 Å². The van der Waals surface area contributed by atoms with Gasteiger partial charge < -0.3 is 14.5 Å². The molecule has 0 aliphatic rings. The molecule has 22 heavy (non-hydrogen) atoms. The molecule has 1 aromatic carbocycles. The van der Waals surface area contributed by atoms with Crippen LogP contribution in [0.2, 0.25) is 0 Å². The molecule has 110 valence electrons. The second kappa shape index (κ2) is 4.81. The van der Waals surface area contributed by atoms with Crippen LogP contribution in [0.1, 0.15) is 0 Å². The highest BCUT2D eigenvalue weighted by Crippen LogP contribution is 2.26. The van der Waals surface area contributed by atoms with E-state index in [1.165, 1.54) is 35.2 Å². The topological polar surface area (TPSA) is 131 Å². The number of hydrogen-bond acceptors (Lipinski definition) is 5. The van der Waals surface area contributed by atoms with Crippen LogP contribution in [0.15, 0.2) is 51.0 Å². The van der Waals surface area contributed by atoms with Gasteiger partial charge in [0.15, 0.2) is 5.43 Å². The van der Waals surface area contributed by atoms with Gasteiger partial charge in [-0.15, -0.1) is 0 Å². The first kappa shape index (κ1) is 13.5. The summed E-state index contributed by atoms with van der Waals surface area (Å²) in [7, 11) is 0. The summed E-state index contributed by atoms with van der Waals surface area (Å²) in [4.78, 5) is 49.0. The summed E-state index contributed by atoms with van der Waals surface area (Å²) in [5.41, 5.74) is -1.73. The normalized spacial score (nSPS) is 10.7. The smallest absolute Gasteiger partial charge is 0.314 e. The molecular formula is C13H8N4O5. The molecule has 0 spiro atoms. The van der Waals surface area contributed by atoms with Crippen LogP contribution in [0, 0.1) is 10.1 Å². The number of benzene rings is 1. The fourth-order valence-corrected chi connectivity index (χ4v) is 2.07. The van der Waals surface area contributed by atoms with E-state index in [4.69, 9.17) is 0 Å². The molecule has 3 rings (SSSR count). The van der Waals surface area contributed by atoms with Crippen LogP contribution < -0.4 is 16.5 Å². The van der Waals surface area contributed by atoms with E-state index in [0.29, 0.717) is 0 Å². The molecule has 0 aliphatic heterocycles. The number of fused-ring (bicyclic) bond motifs is 1. The molecule has 9 nitrogen and oxygen atoms in total. The molecule has 0 bridgehead atoms. The van der Waals surface area contributed by atoms with Crippen LogP contribution in [-0.2, 0) is 0 Å². The predicted molar refractivity (Wildman–Crippen MR) is 77.4 cm³/mol.